The van der Waals surface area contributed by atoms with Crippen LogP contribution in [0.1, 0.15) is 23.1 Å². The first-order valence-electron chi connectivity index (χ1n) is 5.53. The van der Waals surface area contributed by atoms with E-state index in [1.807, 2.05) is 6.92 Å². The Balaban J connectivity index is 2.39. The van der Waals surface area contributed by atoms with Crippen LogP contribution in [0.4, 0.5) is 0 Å². The van der Waals surface area contributed by atoms with Gasteiger partial charge in [0.05, 0.1) is 10.6 Å². The van der Waals surface area contributed by atoms with E-state index in [0.29, 0.717) is 0 Å². The summed E-state index contributed by atoms with van der Waals surface area (Å²) in [5.41, 5.74) is 8.74. The monoisotopic (exact) mass is 245 g/mol. The molecule has 1 aromatic heterocycles. The molecular formula is C13H15N3S. The quantitative estimate of drug-likeness (QED) is 0.645. The fourth-order valence-electron chi connectivity index (χ4n) is 1.65. The lowest BCUT2D eigenvalue weighted by atomic mass is 10.1. The fraction of sp³-hybridized carbons (Fsp3) is 0.231. The van der Waals surface area contributed by atoms with Gasteiger partial charge in [-0.15, -0.1) is 11.3 Å². The maximum absolute atomic E-state index is 7.46. The number of aromatic nitrogens is 1. The largest absolute Gasteiger partial charge is 0.383 e. The first-order valence-corrected chi connectivity index (χ1v) is 6.34. The smallest absolute Gasteiger partial charge is 0.135 e. The lowest BCUT2D eigenvalue weighted by molar-refractivity contribution is 1.14. The lowest BCUT2D eigenvalue weighted by Crippen LogP contribution is -2.10. The SMILES string of the molecule is CCc1ccc(-c2nc(C)c(C(=N)N)s2)cc1. The number of aryl methyl sites for hydroxylation is 2. The zero-order chi connectivity index (χ0) is 12.4. The molecule has 1 aromatic carbocycles. The first-order chi connectivity index (χ1) is 8.11. The van der Waals surface area contributed by atoms with E-state index in [-0.39, 0.29) is 5.84 Å². The van der Waals surface area contributed by atoms with Crippen LogP contribution in [0.2, 0.25) is 0 Å². The van der Waals surface area contributed by atoms with Crippen molar-refractivity contribution in [3.8, 4) is 10.6 Å². The standard InChI is InChI=1S/C13H15N3S/c1-3-9-4-6-10(7-5-9)13-16-8(2)11(17-13)12(14)15/h4-7H,3H2,1-2H3,(H3,14,15). The molecule has 0 aliphatic carbocycles. The highest BCUT2D eigenvalue weighted by Crippen LogP contribution is 2.27. The minimum absolute atomic E-state index is 0.0939. The van der Waals surface area contributed by atoms with Crippen LogP contribution in [-0.4, -0.2) is 10.8 Å². The number of nitrogens with zero attached hydrogens (tertiary/aromatic N) is 1. The van der Waals surface area contributed by atoms with Gasteiger partial charge in [0.2, 0.25) is 0 Å². The van der Waals surface area contributed by atoms with Crippen molar-refractivity contribution < 1.29 is 0 Å². The zero-order valence-electron chi connectivity index (χ0n) is 9.95. The Hall–Kier alpha value is -1.68. The highest BCUT2D eigenvalue weighted by molar-refractivity contribution is 7.17. The van der Waals surface area contributed by atoms with Gasteiger partial charge in [0.25, 0.3) is 0 Å². The summed E-state index contributed by atoms with van der Waals surface area (Å²) in [5, 5.41) is 8.39. The van der Waals surface area contributed by atoms with E-state index < -0.39 is 0 Å². The Morgan fingerprint density at radius 3 is 2.47 bits per heavy atom. The molecule has 17 heavy (non-hydrogen) atoms. The van der Waals surface area contributed by atoms with Gasteiger partial charge in [-0.1, -0.05) is 31.2 Å². The van der Waals surface area contributed by atoms with Crippen molar-refractivity contribution >= 4 is 17.2 Å². The minimum atomic E-state index is 0.0939. The topological polar surface area (TPSA) is 62.8 Å². The van der Waals surface area contributed by atoms with E-state index in [9.17, 15) is 0 Å². The fourth-order valence-corrected chi connectivity index (χ4v) is 2.59. The lowest BCUT2D eigenvalue weighted by Gasteiger charge is -1.98. The van der Waals surface area contributed by atoms with Crippen molar-refractivity contribution in [1.82, 2.24) is 4.98 Å². The number of nitrogen functional groups attached to an aromatic ring is 1. The number of amidine groups is 1. The second kappa shape index (κ2) is 4.67. The van der Waals surface area contributed by atoms with Gasteiger partial charge in [-0.2, -0.15) is 0 Å². The number of rotatable bonds is 3. The number of thiazole rings is 1. The molecule has 1 heterocycles. The molecule has 0 saturated heterocycles. The molecule has 0 fully saturated rings. The Morgan fingerprint density at radius 2 is 2.00 bits per heavy atom. The third-order valence-electron chi connectivity index (χ3n) is 2.65. The molecule has 4 heteroatoms. The Bertz CT molecular complexity index is 540. The molecule has 0 amide bonds. The number of hydrogen-bond acceptors (Lipinski definition) is 3. The van der Waals surface area contributed by atoms with E-state index in [1.165, 1.54) is 16.9 Å². The summed E-state index contributed by atoms with van der Waals surface area (Å²) < 4.78 is 0. The molecule has 0 spiro atoms. The molecule has 0 aliphatic rings. The number of nitrogens with one attached hydrogen (secondary N) is 1. The van der Waals surface area contributed by atoms with Crippen molar-refractivity contribution in [2.45, 2.75) is 20.3 Å². The van der Waals surface area contributed by atoms with Gasteiger partial charge in [-0.05, 0) is 18.9 Å². The second-order valence-electron chi connectivity index (χ2n) is 3.90. The van der Waals surface area contributed by atoms with E-state index in [1.54, 1.807) is 0 Å². The third kappa shape index (κ3) is 2.36. The normalized spacial score (nSPS) is 10.5. The van der Waals surface area contributed by atoms with Crippen molar-refractivity contribution in [1.29, 1.82) is 5.41 Å². The summed E-state index contributed by atoms with van der Waals surface area (Å²) in [4.78, 5) is 5.22. The number of hydrogen-bond donors (Lipinski definition) is 2. The van der Waals surface area contributed by atoms with Gasteiger partial charge in [0, 0.05) is 5.56 Å². The van der Waals surface area contributed by atoms with E-state index in [2.05, 4.69) is 36.2 Å². The van der Waals surface area contributed by atoms with Crippen LogP contribution < -0.4 is 5.73 Å². The minimum Gasteiger partial charge on any atom is -0.383 e. The molecule has 2 aromatic rings. The third-order valence-corrected chi connectivity index (χ3v) is 3.89. The maximum Gasteiger partial charge on any atom is 0.135 e. The molecule has 3 N–H and O–H groups in total. The average molecular weight is 245 g/mol. The van der Waals surface area contributed by atoms with Gasteiger partial charge in [-0.3, -0.25) is 5.41 Å². The van der Waals surface area contributed by atoms with Crippen molar-refractivity contribution in [2.75, 3.05) is 0 Å². The first kappa shape index (κ1) is 11.8. The molecule has 0 saturated carbocycles. The summed E-state index contributed by atoms with van der Waals surface area (Å²) in [6.07, 6.45) is 1.04. The van der Waals surface area contributed by atoms with Crippen LogP contribution in [0.5, 0.6) is 0 Å². The highest BCUT2D eigenvalue weighted by Gasteiger charge is 2.11. The summed E-state index contributed by atoms with van der Waals surface area (Å²) >= 11 is 1.47. The summed E-state index contributed by atoms with van der Waals surface area (Å²) in [6, 6.07) is 8.36. The summed E-state index contributed by atoms with van der Waals surface area (Å²) in [7, 11) is 0. The van der Waals surface area contributed by atoms with Crippen LogP contribution in [0.3, 0.4) is 0 Å². The molecule has 0 atom stereocenters. The highest BCUT2D eigenvalue weighted by atomic mass is 32.1. The van der Waals surface area contributed by atoms with Gasteiger partial charge < -0.3 is 5.73 Å². The molecule has 2 rings (SSSR count). The van der Waals surface area contributed by atoms with Crippen LogP contribution in [0, 0.1) is 12.3 Å². The number of nitrogens with two attached hydrogens (primary N) is 1. The molecule has 3 nitrogen and oxygen atoms in total. The van der Waals surface area contributed by atoms with Crippen molar-refractivity contribution in [2.24, 2.45) is 5.73 Å². The van der Waals surface area contributed by atoms with Crippen LogP contribution in [0.15, 0.2) is 24.3 Å². The predicted octanol–water partition coefficient (Wildman–Crippen LogP) is 2.96. The molecular weight excluding hydrogens is 230 g/mol. The van der Waals surface area contributed by atoms with Gasteiger partial charge >= 0.3 is 0 Å². The summed E-state index contributed by atoms with van der Waals surface area (Å²) in [6.45, 7) is 4.02. The maximum atomic E-state index is 7.46. The molecule has 0 bridgehead atoms. The number of benzene rings is 1. The zero-order valence-corrected chi connectivity index (χ0v) is 10.8. The van der Waals surface area contributed by atoms with E-state index in [4.69, 9.17) is 11.1 Å². The Kier molecular flexibility index (Phi) is 3.24. The Labute approximate surface area is 105 Å². The van der Waals surface area contributed by atoms with Gasteiger partial charge in [0.1, 0.15) is 10.8 Å². The van der Waals surface area contributed by atoms with Crippen molar-refractivity contribution in [3.05, 3.63) is 40.4 Å². The van der Waals surface area contributed by atoms with Crippen LogP contribution in [-0.2, 0) is 6.42 Å². The molecule has 0 aliphatic heterocycles. The molecule has 0 radical (unpaired) electrons. The van der Waals surface area contributed by atoms with Gasteiger partial charge in [0.15, 0.2) is 0 Å². The van der Waals surface area contributed by atoms with E-state index in [0.717, 1.165) is 27.6 Å². The van der Waals surface area contributed by atoms with Crippen LogP contribution >= 0.6 is 11.3 Å². The molecule has 0 unspecified atom stereocenters. The van der Waals surface area contributed by atoms with E-state index >= 15 is 0 Å². The summed E-state index contributed by atoms with van der Waals surface area (Å²) in [5.74, 6) is 0.0939. The average Bonchev–Trinajstić information content (AvgIpc) is 2.71. The Morgan fingerprint density at radius 1 is 1.35 bits per heavy atom. The predicted molar refractivity (Wildman–Crippen MR) is 72.7 cm³/mol. The molecule has 88 valence electrons. The van der Waals surface area contributed by atoms with Gasteiger partial charge in [-0.25, -0.2) is 4.98 Å². The second-order valence-corrected chi connectivity index (χ2v) is 4.90. The van der Waals surface area contributed by atoms with Crippen LogP contribution in [0.25, 0.3) is 10.6 Å². The van der Waals surface area contributed by atoms with Crippen molar-refractivity contribution in [3.63, 3.8) is 0 Å².